The van der Waals surface area contributed by atoms with Crippen LogP contribution in [0.5, 0.6) is 0 Å². The molecule has 1 aromatic carbocycles. The SMILES string of the molecule is CC(C)(OCCN)c1ccccc1.Cl. The van der Waals surface area contributed by atoms with Gasteiger partial charge in [0.2, 0.25) is 0 Å². The molecule has 0 radical (unpaired) electrons. The van der Waals surface area contributed by atoms with Crippen LogP contribution in [0.15, 0.2) is 30.3 Å². The van der Waals surface area contributed by atoms with Gasteiger partial charge in [0, 0.05) is 6.54 Å². The van der Waals surface area contributed by atoms with Crippen molar-refractivity contribution in [2.75, 3.05) is 13.2 Å². The molecule has 2 N–H and O–H groups in total. The molecule has 1 rings (SSSR count). The number of nitrogens with two attached hydrogens (primary N) is 1. The largest absolute Gasteiger partial charge is 0.370 e. The van der Waals surface area contributed by atoms with E-state index in [0.29, 0.717) is 13.2 Å². The number of ether oxygens (including phenoxy) is 1. The van der Waals surface area contributed by atoms with Gasteiger partial charge in [-0.1, -0.05) is 30.3 Å². The molecule has 0 aromatic heterocycles. The van der Waals surface area contributed by atoms with Gasteiger partial charge in [0.25, 0.3) is 0 Å². The zero-order valence-corrected chi connectivity index (χ0v) is 9.51. The Kier molecular flexibility index (Phi) is 5.77. The molecule has 0 aliphatic carbocycles. The van der Waals surface area contributed by atoms with Gasteiger partial charge in [-0.2, -0.15) is 0 Å². The summed E-state index contributed by atoms with van der Waals surface area (Å²) < 4.78 is 5.64. The molecule has 0 fully saturated rings. The van der Waals surface area contributed by atoms with Crippen molar-refractivity contribution in [3.05, 3.63) is 35.9 Å². The molecule has 0 amide bonds. The van der Waals surface area contributed by atoms with Crippen molar-refractivity contribution < 1.29 is 4.74 Å². The highest BCUT2D eigenvalue weighted by atomic mass is 35.5. The fourth-order valence-corrected chi connectivity index (χ4v) is 1.24. The Morgan fingerprint density at radius 1 is 1.21 bits per heavy atom. The minimum Gasteiger partial charge on any atom is -0.370 e. The van der Waals surface area contributed by atoms with E-state index in [0.717, 1.165) is 0 Å². The quantitative estimate of drug-likeness (QED) is 0.837. The van der Waals surface area contributed by atoms with Gasteiger partial charge in [-0.15, -0.1) is 12.4 Å². The molecule has 0 unspecified atom stereocenters. The van der Waals surface area contributed by atoms with Crippen LogP contribution in [0.1, 0.15) is 19.4 Å². The number of hydrogen-bond acceptors (Lipinski definition) is 2. The summed E-state index contributed by atoms with van der Waals surface area (Å²) in [6, 6.07) is 10.2. The molecule has 1 aromatic rings. The third kappa shape index (κ3) is 3.66. The van der Waals surface area contributed by atoms with Gasteiger partial charge in [-0.3, -0.25) is 0 Å². The Morgan fingerprint density at radius 3 is 2.29 bits per heavy atom. The number of rotatable bonds is 4. The predicted octanol–water partition coefficient (Wildman–Crippen LogP) is 2.32. The van der Waals surface area contributed by atoms with E-state index in [9.17, 15) is 0 Å². The van der Waals surface area contributed by atoms with Gasteiger partial charge in [0.15, 0.2) is 0 Å². The molecule has 2 nitrogen and oxygen atoms in total. The molecule has 3 heteroatoms. The summed E-state index contributed by atoms with van der Waals surface area (Å²) >= 11 is 0. The van der Waals surface area contributed by atoms with E-state index in [1.54, 1.807) is 0 Å². The summed E-state index contributed by atoms with van der Waals surface area (Å²) in [5.41, 5.74) is 6.34. The van der Waals surface area contributed by atoms with Crippen molar-refractivity contribution in [1.29, 1.82) is 0 Å². The van der Waals surface area contributed by atoms with Crippen molar-refractivity contribution in [1.82, 2.24) is 0 Å². The molecule has 14 heavy (non-hydrogen) atoms. The average Bonchev–Trinajstić information content (AvgIpc) is 2.16. The van der Waals surface area contributed by atoms with Crippen molar-refractivity contribution in [2.24, 2.45) is 5.73 Å². The van der Waals surface area contributed by atoms with Crippen LogP contribution in [0.25, 0.3) is 0 Å². The first-order valence-corrected chi connectivity index (χ1v) is 4.56. The van der Waals surface area contributed by atoms with Crippen LogP contribution in [-0.4, -0.2) is 13.2 Å². The van der Waals surface area contributed by atoms with Crippen LogP contribution < -0.4 is 5.73 Å². The van der Waals surface area contributed by atoms with Gasteiger partial charge in [0.05, 0.1) is 12.2 Å². The molecule has 0 aliphatic heterocycles. The molecule has 0 atom stereocenters. The molecule has 0 heterocycles. The molecular weight excluding hydrogens is 198 g/mol. The third-order valence-electron chi connectivity index (χ3n) is 2.05. The molecular formula is C11H18ClNO. The van der Waals surface area contributed by atoms with Crippen LogP contribution in [0, 0.1) is 0 Å². The van der Waals surface area contributed by atoms with Crippen molar-refractivity contribution in [3.8, 4) is 0 Å². The standard InChI is InChI=1S/C11H17NO.ClH/c1-11(2,13-9-8-12)10-6-4-3-5-7-10;/h3-7H,8-9,12H2,1-2H3;1H. The Labute approximate surface area is 91.9 Å². The molecule has 0 saturated heterocycles. The Morgan fingerprint density at radius 2 is 1.79 bits per heavy atom. The fourth-order valence-electron chi connectivity index (χ4n) is 1.24. The van der Waals surface area contributed by atoms with E-state index in [-0.39, 0.29) is 18.0 Å². The van der Waals surface area contributed by atoms with E-state index in [4.69, 9.17) is 10.5 Å². The first-order chi connectivity index (χ1) is 6.17. The van der Waals surface area contributed by atoms with Crippen molar-refractivity contribution in [3.63, 3.8) is 0 Å². The van der Waals surface area contributed by atoms with Crippen LogP contribution in [0.3, 0.4) is 0 Å². The lowest BCUT2D eigenvalue weighted by molar-refractivity contribution is -0.0171. The molecule has 0 aliphatic rings. The lowest BCUT2D eigenvalue weighted by Crippen LogP contribution is -2.24. The molecule has 0 spiro atoms. The highest BCUT2D eigenvalue weighted by Gasteiger charge is 2.19. The second-order valence-corrected chi connectivity index (χ2v) is 3.51. The van der Waals surface area contributed by atoms with Gasteiger partial charge >= 0.3 is 0 Å². The van der Waals surface area contributed by atoms with E-state index >= 15 is 0 Å². The molecule has 0 bridgehead atoms. The van der Waals surface area contributed by atoms with Gasteiger partial charge < -0.3 is 10.5 Å². The second-order valence-electron chi connectivity index (χ2n) is 3.51. The van der Waals surface area contributed by atoms with E-state index in [1.807, 2.05) is 18.2 Å². The highest BCUT2D eigenvalue weighted by Crippen LogP contribution is 2.23. The number of halogens is 1. The normalized spacial score (nSPS) is 10.8. The average molecular weight is 216 g/mol. The smallest absolute Gasteiger partial charge is 0.0875 e. The lowest BCUT2D eigenvalue weighted by Gasteiger charge is -2.25. The Hall–Kier alpha value is -0.570. The number of hydrogen-bond donors (Lipinski definition) is 1. The Balaban J connectivity index is 0.00000169. The number of benzene rings is 1. The van der Waals surface area contributed by atoms with E-state index < -0.39 is 0 Å². The third-order valence-corrected chi connectivity index (χ3v) is 2.05. The van der Waals surface area contributed by atoms with E-state index in [1.165, 1.54) is 5.56 Å². The van der Waals surface area contributed by atoms with Crippen molar-refractivity contribution >= 4 is 12.4 Å². The van der Waals surface area contributed by atoms with Gasteiger partial charge in [0.1, 0.15) is 0 Å². The first kappa shape index (κ1) is 13.4. The monoisotopic (exact) mass is 215 g/mol. The minimum absolute atomic E-state index is 0. The maximum absolute atomic E-state index is 5.64. The maximum Gasteiger partial charge on any atom is 0.0875 e. The lowest BCUT2D eigenvalue weighted by atomic mass is 9.98. The fraction of sp³-hybridized carbons (Fsp3) is 0.455. The maximum atomic E-state index is 5.64. The first-order valence-electron chi connectivity index (χ1n) is 4.56. The topological polar surface area (TPSA) is 35.2 Å². The van der Waals surface area contributed by atoms with Crippen LogP contribution in [-0.2, 0) is 10.3 Å². The predicted molar refractivity (Wildman–Crippen MR) is 61.7 cm³/mol. The van der Waals surface area contributed by atoms with Gasteiger partial charge in [-0.05, 0) is 19.4 Å². The second kappa shape index (κ2) is 6.02. The summed E-state index contributed by atoms with van der Waals surface area (Å²) in [5.74, 6) is 0. The summed E-state index contributed by atoms with van der Waals surface area (Å²) in [7, 11) is 0. The van der Waals surface area contributed by atoms with Gasteiger partial charge in [-0.25, -0.2) is 0 Å². The summed E-state index contributed by atoms with van der Waals surface area (Å²) in [6.45, 7) is 5.27. The Bertz CT molecular complexity index is 249. The summed E-state index contributed by atoms with van der Waals surface area (Å²) in [5, 5.41) is 0. The van der Waals surface area contributed by atoms with Crippen LogP contribution in [0.2, 0.25) is 0 Å². The molecule has 0 saturated carbocycles. The summed E-state index contributed by atoms with van der Waals surface area (Å²) in [6.07, 6.45) is 0. The molecule has 80 valence electrons. The van der Waals surface area contributed by atoms with Crippen molar-refractivity contribution in [2.45, 2.75) is 19.4 Å². The van der Waals surface area contributed by atoms with Crippen LogP contribution >= 0.6 is 12.4 Å². The zero-order valence-electron chi connectivity index (χ0n) is 8.69. The highest BCUT2D eigenvalue weighted by molar-refractivity contribution is 5.85. The zero-order chi connectivity index (χ0) is 9.73. The van der Waals surface area contributed by atoms with E-state index in [2.05, 4.69) is 26.0 Å². The summed E-state index contributed by atoms with van der Waals surface area (Å²) in [4.78, 5) is 0. The van der Waals surface area contributed by atoms with Crippen LogP contribution in [0.4, 0.5) is 0 Å². The minimum atomic E-state index is -0.235.